The maximum absolute atomic E-state index is 11.3. The first-order valence-electron chi connectivity index (χ1n) is 4.08. The van der Waals surface area contributed by atoms with E-state index in [0.29, 0.717) is 18.0 Å². The van der Waals surface area contributed by atoms with Gasteiger partial charge in [0.2, 0.25) is 0 Å². The van der Waals surface area contributed by atoms with E-state index in [-0.39, 0.29) is 5.97 Å². The highest BCUT2D eigenvalue weighted by molar-refractivity contribution is 5.98. The van der Waals surface area contributed by atoms with Gasteiger partial charge in [-0.1, -0.05) is 0 Å². The molecule has 1 aliphatic rings. The minimum Gasteiger partial charge on any atom is -0.457 e. The number of anilines is 1. The maximum Gasteiger partial charge on any atom is 0.342 e. The van der Waals surface area contributed by atoms with Crippen molar-refractivity contribution >= 4 is 11.8 Å². The molecule has 13 heavy (non-hydrogen) atoms. The standard InChI is InChI=1S/C9H10N2O2/c1-5-3-6-4-13-9(12)7(6)8(10-2)11-5/h3H,4H2,1-2H3,(H,10,11). The van der Waals surface area contributed by atoms with E-state index in [1.165, 1.54) is 0 Å². The number of ether oxygens (including phenoxy) is 1. The summed E-state index contributed by atoms with van der Waals surface area (Å²) >= 11 is 0. The van der Waals surface area contributed by atoms with Crippen LogP contribution in [0.1, 0.15) is 21.6 Å². The minimum absolute atomic E-state index is 0.285. The Morgan fingerprint density at radius 2 is 2.38 bits per heavy atom. The van der Waals surface area contributed by atoms with E-state index in [1.807, 2.05) is 13.0 Å². The van der Waals surface area contributed by atoms with Crippen LogP contribution in [-0.4, -0.2) is 18.0 Å². The first-order valence-corrected chi connectivity index (χ1v) is 4.08. The maximum atomic E-state index is 11.3. The van der Waals surface area contributed by atoms with E-state index in [1.54, 1.807) is 7.05 Å². The molecule has 0 atom stereocenters. The molecule has 0 unspecified atom stereocenters. The second-order valence-electron chi connectivity index (χ2n) is 2.97. The highest BCUT2D eigenvalue weighted by Crippen LogP contribution is 2.26. The molecule has 68 valence electrons. The predicted octanol–water partition coefficient (Wildman–Crippen LogP) is 1.10. The topological polar surface area (TPSA) is 51.2 Å². The van der Waals surface area contributed by atoms with Gasteiger partial charge < -0.3 is 10.1 Å². The van der Waals surface area contributed by atoms with E-state index >= 15 is 0 Å². The second-order valence-corrected chi connectivity index (χ2v) is 2.97. The third kappa shape index (κ3) is 1.14. The number of aryl methyl sites for hydroxylation is 1. The minimum atomic E-state index is -0.285. The SMILES string of the molecule is CNc1nc(C)cc2c1C(=O)OC2. The first kappa shape index (κ1) is 8.04. The number of pyridine rings is 1. The van der Waals surface area contributed by atoms with Gasteiger partial charge in [-0.15, -0.1) is 0 Å². The summed E-state index contributed by atoms with van der Waals surface area (Å²) in [5.74, 6) is 0.323. The number of hydrogen-bond donors (Lipinski definition) is 1. The normalized spacial score (nSPS) is 13.8. The van der Waals surface area contributed by atoms with Crippen LogP contribution in [0, 0.1) is 6.92 Å². The van der Waals surface area contributed by atoms with Crippen LogP contribution >= 0.6 is 0 Å². The number of hydrogen-bond acceptors (Lipinski definition) is 4. The summed E-state index contributed by atoms with van der Waals surface area (Å²) in [5.41, 5.74) is 2.39. The summed E-state index contributed by atoms with van der Waals surface area (Å²) in [6.07, 6.45) is 0. The van der Waals surface area contributed by atoms with Gasteiger partial charge in [-0.25, -0.2) is 9.78 Å². The van der Waals surface area contributed by atoms with Gasteiger partial charge in [-0.2, -0.15) is 0 Å². The van der Waals surface area contributed by atoms with Crippen molar-refractivity contribution in [3.63, 3.8) is 0 Å². The molecule has 0 saturated carbocycles. The van der Waals surface area contributed by atoms with Crippen LogP contribution in [0.2, 0.25) is 0 Å². The van der Waals surface area contributed by atoms with Gasteiger partial charge >= 0.3 is 5.97 Å². The van der Waals surface area contributed by atoms with Gasteiger partial charge in [0.05, 0.1) is 0 Å². The van der Waals surface area contributed by atoms with Crippen LogP contribution in [0.4, 0.5) is 5.82 Å². The summed E-state index contributed by atoms with van der Waals surface area (Å²) < 4.78 is 4.90. The fraction of sp³-hybridized carbons (Fsp3) is 0.333. The molecule has 0 saturated heterocycles. The Balaban J connectivity index is 2.64. The number of carbonyl (C=O) groups is 1. The van der Waals surface area contributed by atoms with Crippen LogP contribution in [0.5, 0.6) is 0 Å². The molecule has 0 aliphatic carbocycles. The average Bonchev–Trinajstić information content (AvgIpc) is 2.46. The van der Waals surface area contributed by atoms with Gasteiger partial charge in [0, 0.05) is 18.3 Å². The van der Waals surface area contributed by atoms with Gasteiger partial charge in [-0.05, 0) is 13.0 Å². The number of nitrogens with zero attached hydrogens (tertiary/aromatic N) is 1. The Kier molecular flexibility index (Phi) is 1.69. The van der Waals surface area contributed by atoms with E-state index < -0.39 is 0 Å². The number of carbonyl (C=O) groups excluding carboxylic acids is 1. The third-order valence-electron chi connectivity index (χ3n) is 2.03. The zero-order valence-electron chi connectivity index (χ0n) is 7.55. The van der Waals surface area contributed by atoms with Crippen LogP contribution in [-0.2, 0) is 11.3 Å². The van der Waals surface area contributed by atoms with E-state index in [9.17, 15) is 4.79 Å². The molecule has 0 radical (unpaired) electrons. The van der Waals surface area contributed by atoms with Gasteiger partial charge in [-0.3, -0.25) is 0 Å². The van der Waals surface area contributed by atoms with Crippen LogP contribution < -0.4 is 5.32 Å². The zero-order chi connectivity index (χ0) is 9.42. The number of esters is 1. The second kappa shape index (κ2) is 2.73. The third-order valence-corrected chi connectivity index (χ3v) is 2.03. The summed E-state index contributed by atoms with van der Waals surface area (Å²) in [6.45, 7) is 2.26. The van der Waals surface area contributed by atoms with E-state index in [4.69, 9.17) is 4.74 Å². The molecule has 2 rings (SSSR count). The highest BCUT2D eigenvalue weighted by atomic mass is 16.5. The number of cyclic esters (lactones) is 1. The molecule has 1 aromatic heterocycles. The van der Waals surface area contributed by atoms with Crippen molar-refractivity contribution in [1.82, 2.24) is 4.98 Å². The van der Waals surface area contributed by atoms with Crippen LogP contribution in [0.15, 0.2) is 6.07 Å². The van der Waals surface area contributed by atoms with E-state index in [2.05, 4.69) is 10.3 Å². The zero-order valence-corrected chi connectivity index (χ0v) is 7.55. The smallest absolute Gasteiger partial charge is 0.342 e. The molecule has 1 aromatic rings. The van der Waals surface area contributed by atoms with Crippen molar-refractivity contribution in [1.29, 1.82) is 0 Å². The quantitative estimate of drug-likeness (QED) is 0.654. The fourth-order valence-corrected chi connectivity index (χ4v) is 1.48. The molecular formula is C9H10N2O2. The molecule has 1 N–H and O–H groups in total. The molecule has 1 aliphatic heterocycles. The van der Waals surface area contributed by atoms with Gasteiger partial charge in [0.15, 0.2) is 0 Å². The van der Waals surface area contributed by atoms with Crippen molar-refractivity contribution in [3.05, 3.63) is 22.9 Å². The Bertz CT molecular complexity index is 374. The molecule has 2 heterocycles. The summed E-state index contributed by atoms with van der Waals surface area (Å²) in [6, 6.07) is 1.88. The molecule has 0 bridgehead atoms. The summed E-state index contributed by atoms with van der Waals surface area (Å²) in [7, 11) is 1.74. The lowest BCUT2D eigenvalue weighted by Crippen LogP contribution is -2.04. The van der Waals surface area contributed by atoms with Crippen molar-refractivity contribution in [3.8, 4) is 0 Å². The van der Waals surface area contributed by atoms with Crippen LogP contribution in [0.25, 0.3) is 0 Å². The Hall–Kier alpha value is -1.58. The molecule has 0 aromatic carbocycles. The monoisotopic (exact) mass is 178 g/mol. The number of nitrogens with one attached hydrogen (secondary N) is 1. The lowest BCUT2D eigenvalue weighted by Gasteiger charge is -2.04. The molecule has 4 heteroatoms. The summed E-state index contributed by atoms with van der Waals surface area (Å²) in [4.78, 5) is 15.5. The first-order chi connectivity index (χ1) is 6.22. The molecule has 0 amide bonds. The Morgan fingerprint density at radius 3 is 3.08 bits per heavy atom. The van der Waals surface area contributed by atoms with Gasteiger partial charge in [0.25, 0.3) is 0 Å². The summed E-state index contributed by atoms with van der Waals surface area (Å²) in [5, 5.41) is 2.89. The Morgan fingerprint density at radius 1 is 1.62 bits per heavy atom. The number of aromatic nitrogens is 1. The number of fused-ring (bicyclic) bond motifs is 1. The molecule has 0 spiro atoms. The molecule has 4 nitrogen and oxygen atoms in total. The Labute approximate surface area is 75.9 Å². The lowest BCUT2D eigenvalue weighted by atomic mass is 10.1. The van der Waals surface area contributed by atoms with Crippen molar-refractivity contribution in [2.75, 3.05) is 12.4 Å². The lowest BCUT2D eigenvalue weighted by molar-refractivity contribution is 0.0535. The van der Waals surface area contributed by atoms with Gasteiger partial charge in [0.1, 0.15) is 18.0 Å². The number of rotatable bonds is 1. The van der Waals surface area contributed by atoms with Crippen molar-refractivity contribution in [2.24, 2.45) is 0 Å². The van der Waals surface area contributed by atoms with Crippen molar-refractivity contribution < 1.29 is 9.53 Å². The molecule has 0 fully saturated rings. The van der Waals surface area contributed by atoms with Crippen molar-refractivity contribution in [2.45, 2.75) is 13.5 Å². The predicted molar refractivity (Wildman–Crippen MR) is 47.6 cm³/mol. The largest absolute Gasteiger partial charge is 0.457 e. The average molecular weight is 178 g/mol. The van der Waals surface area contributed by atoms with Crippen LogP contribution in [0.3, 0.4) is 0 Å². The molecular weight excluding hydrogens is 168 g/mol. The van der Waals surface area contributed by atoms with E-state index in [0.717, 1.165) is 11.3 Å². The fourth-order valence-electron chi connectivity index (χ4n) is 1.48. The highest BCUT2D eigenvalue weighted by Gasteiger charge is 2.25.